The second-order valence-electron chi connectivity index (χ2n) is 6.18. The molecule has 1 heterocycles. The number of likely N-dealkylation sites (tertiary alicyclic amines) is 1. The van der Waals surface area contributed by atoms with Crippen molar-refractivity contribution in [3.8, 4) is 0 Å². The highest BCUT2D eigenvalue weighted by Gasteiger charge is 2.27. The summed E-state index contributed by atoms with van der Waals surface area (Å²) >= 11 is 0. The zero-order chi connectivity index (χ0) is 14.8. The van der Waals surface area contributed by atoms with E-state index in [0.717, 1.165) is 25.2 Å². The van der Waals surface area contributed by atoms with Crippen LogP contribution in [0.5, 0.6) is 0 Å². The molecular formula is C16H23FN2O. The number of amides is 1. The predicted molar refractivity (Wildman–Crippen MR) is 77.8 cm³/mol. The summed E-state index contributed by atoms with van der Waals surface area (Å²) in [5.74, 6) is -0.312. The van der Waals surface area contributed by atoms with Gasteiger partial charge >= 0.3 is 0 Å². The van der Waals surface area contributed by atoms with Crippen molar-refractivity contribution in [3.63, 3.8) is 0 Å². The third-order valence-corrected chi connectivity index (χ3v) is 3.91. The number of halogens is 1. The van der Waals surface area contributed by atoms with Crippen LogP contribution in [0.25, 0.3) is 0 Å². The summed E-state index contributed by atoms with van der Waals surface area (Å²) in [7, 11) is 0. The second kappa shape index (κ2) is 5.92. The van der Waals surface area contributed by atoms with E-state index < -0.39 is 5.54 Å². The Kier molecular flexibility index (Phi) is 4.43. The Morgan fingerprint density at radius 3 is 2.70 bits per heavy atom. The molecule has 4 heteroatoms. The van der Waals surface area contributed by atoms with Crippen LogP contribution in [0.15, 0.2) is 24.3 Å². The molecule has 0 radical (unpaired) electrons. The summed E-state index contributed by atoms with van der Waals surface area (Å²) in [6.07, 6.45) is 1.23. The van der Waals surface area contributed by atoms with Gasteiger partial charge in [0.15, 0.2) is 0 Å². The average Bonchev–Trinajstić information content (AvgIpc) is 2.33. The largest absolute Gasteiger partial charge is 0.347 e. The van der Waals surface area contributed by atoms with Crippen molar-refractivity contribution in [1.82, 2.24) is 10.2 Å². The van der Waals surface area contributed by atoms with E-state index >= 15 is 0 Å². The van der Waals surface area contributed by atoms with Crippen LogP contribution in [0.2, 0.25) is 0 Å². The second-order valence-corrected chi connectivity index (χ2v) is 6.18. The molecule has 0 aliphatic carbocycles. The van der Waals surface area contributed by atoms with Gasteiger partial charge in [-0.2, -0.15) is 0 Å². The molecule has 1 N–H and O–H groups in total. The number of benzene rings is 1. The standard InChI is InChI=1S/C16H23FN2O/c1-12(11-19-8-5-9-19)15(20)18-16(2,3)13-6-4-7-14(17)10-13/h4,6-7,10,12H,5,8-9,11H2,1-3H3,(H,18,20)/t12-/m1/s1. The molecule has 0 saturated carbocycles. The van der Waals surface area contributed by atoms with E-state index in [4.69, 9.17) is 0 Å². The van der Waals surface area contributed by atoms with E-state index in [0.29, 0.717) is 0 Å². The number of hydrogen-bond acceptors (Lipinski definition) is 2. The van der Waals surface area contributed by atoms with Crippen molar-refractivity contribution in [2.24, 2.45) is 5.92 Å². The minimum absolute atomic E-state index is 0.0196. The Bertz CT molecular complexity index is 483. The van der Waals surface area contributed by atoms with Crippen LogP contribution >= 0.6 is 0 Å². The number of carbonyl (C=O) groups excluding carboxylic acids is 1. The molecular weight excluding hydrogens is 255 g/mol. The Morgan fingerprint density at radius 2 is 2.15 bits per heavy atom. The van der Waals surface area contributed by atoms with Gasteiger partial charge in [0, 0.05) is 12.5 Å². The van der Waals surface area contributed by atoms with Gasteiger partial charge in [0.1, 0.15) is 5.82 Å². The zero-order valence-electron chi connectivity index (χ0n) is 12.4. The molecule has 0 spiro atoms. The maximum atomic E-state index is 13.3. The molecule has 1 aromatic carbocycles. The summed E-state index contributed by atoms with van der Waals surface area (Å²) in [5.41, 5.74) is 0.213. The maximum absolute atomic E-state index is 13.3. The van der Waals surface area contributed by atoms with Gasteiger partial charge in [-0.25, -0.2) is 4.39 Å². The Morgan fingerprint density at radius 1 is 1.45 bits per heavy atom. The SMILES string of the molecule is C[C@H](CN1CCC1)C(=O)NC(C)(C)c1cccc(F)c1. The summed E-state index contributed by atoms with van der Waals surface area (Å²) in [4.78, 5) is 14.5. The highest BCUT2D eigenvalue weighted by atomic mass is 19.1. The summed E-state index contributed by atoms with van der Waals surface area (Å²) in [6, 6.07) is 6.39. The molecule has 1 saturated heterocycles. The molecule has 1 fully saturated rings. The topological polar surface area (TPSA) is 32.3 Å². The summed E-state index contributed by atoms with van der Waals surface area (Å²) in [5, 5.41) is 3.02. The van der Waals surface area contributed by atoms with Crippen molar-refractivity contribution in [3.05, 3.63) is 35.6 Å². The van der Waals surface area contributed by atoms with Crippen LogP contribution in [0.4, 0.5) is 4.39 Å². The molecule has 0 unspecified atom stereocenters. The Balaban J connectivity index is 1.97. The fourth-order valence-electron chi connectivity index (χ4n) is 2.42. The first-order valence-electron chi connectivity index (χ1n) is 7.19. The fourth-order valence-corrected chi connectivity index (χ4v) is 2.42. The molecule has 20 heavy (non-hydrogen) atoms. The van der Waals surface area contributed by atoms with Crippen molar-refractivity contribution < 1.29 is 9.18 Å². The quantitative estimate of drug-likeness (QED) is 0.897. The van der Waals surface area contributed by atoms with Crippen molar-refractivity contribution >= 4 is 5.91 Å². The van der Waals surface area contributed by atoms with E-state index in [-0.39, 0.29) is 17.6 Å². The normalized spacial score (nSPS) is 17.4. The lowest BCUT2D eigenvalue weighted by Gasteiger charge is -2.34. The summed E-state index contributed by atoms with van der Waals surface area (Å²) in [6.45, 7) is 8.71. The third-order valence-electron chi connectivity index (χ3n) is 3.91. The predicted octanol–water partition coefficient (Wildman–Crippen LogP) is 2.52. The highest BCUT2D eigenvalue weighted by Crippen LogP contribution is 2.21. The first-order chi connectivity index (χ1) is 9.38. The Labute approximate surface area is 120 Å². The maximum Gasteiger partial charge on any atom is 0.224 e. The number of hydrogen-bond donors (Lipinski definition) is 1. The van der Waals surface area contributed by atoms with Crippen molar-refractivity contribution in [2.45, 2.75) is 32.7 Å². The number of carbonyl (C=O) groups is 1. The summed E-state index contributed by atoms with van der Waals surface area (Å²) < 4.78 is 13.3. The van der Waals surface area contributed by atoms with E-state index in [9.17, 15) is 9.18 Å². The zero-order valence-corrected chi connectivity index (χ0v) is 12.4. The number of nitrogens with one attached hydrogen (secondary N) is 1. The van der Waals surface area contributed by atoms with Gasteiger partial charge in [0.25, 0.3) is 0 Å². The van der Waals surface area contributed by atoms with Gasteiger partial charge in [-0.05, 0) is 51.1 Å². The lowest BCUT2D eigenvalue weighted by atomic mass is 9.93. The lowest BCUT2D eigenvalue weighted by Crippen LogP contribution is -2.48. The van der Waals surface area contributed by atoms with E-state index in [1.165, 1.54) is 18.6 Å². The molecule has 1 aromatic rings. The molecule has 0 bridgehead atoms. The highest BCUT2D eigenvalue weighted by molar-refractivity contribution is 5.79. The molecule has 2 rings (SSSR count). The Hall–Kier alpha value is -1.42. The first kappa shape index (κ1) is 15.0. The van der Waals surface area contributed by atoms with Crippen molar-refractivity contribution in [1.29, 1.82) is 0 Å². The molecule has 3 nitrogen and oxygen atoms in total. The van der Waals surface area contributed by atoms with Gasteiger partial charge in [0.2, 0.25) is 5.91 Å². The van der Waals surface area contributed by atoms with E-state index in [1.54, 1.807) is 6.07 Å². The third kappa shape index (κ3) is 3.57. The van der Waals surface area contributed by atoms with Crippen LogP contribution in [0, 0.1) is 11.7 Å². The first-order valence-corrected chi connectivity index (χ1v) is 7.19. The molecule has 110 valence electrons. The molecule has 1 amide bonds. The van der Waals surface area contributed by atoms with Crippen LogP contribution < -0.4 is 5.32 Å². The molecule has 1 aliphatic rings. The fraction of sp³-hybridized carbons (Fsp3) is 0.562. The van der Waals surface area contributed by atoms with Crippen LogP contribution in [-0.2, 0) is 10.3 Å². The monoisotopic (exact) mass is 278 g/mol. The number of nitrogens with zero attached hydrogens (tertiary/aromatic N) is 1. The van der Waals surface area contributed by atoms with Crippen LogP contribution in [0.3, 0.4) is 0 Å². The van der Waals surface area contributed by atoms with Crippen molar-refractivity contribution in [2.75, 3.05) is 19.6 Å². The minimum Gasteiger partial charge on any atom is -0.347 e. The van der Waals surface area contributed by atoms with Crippen LogP contribution in [-0.4, -0.2) is 30.4 Å². The molecule has 1 atom stereocenters. The van der Waals surface area contributed by atoms with Crippen LogP contribution in [0.1, 0.15) is 32.8 Å². The van der Waals surface area contributed by atoms with E-state index in [1.807, 2.05) is 26.8 Å². The van der Waals surface area contributed by atoms with E-state index in [2.05, 4.69) is 10.2 Å². The minimum atomic E-state index is -0.567. The number of rotatable bonds is 5. The molecule has 1 aliphatic heterocycles. The average molecular weight is 278 g/mol. The van der Waals surface area contributed by atoms with Gasteiger partial charge in [-0.3, -0.25) is 4.79 Å². The van der Waals surface area contributed by atoms with Gasteiger partial charge in [-0.15, -0.1) is 0 Å². The van der Waals surface area contributed by atoms with Gasteiger partial charge < -0.3 is 10.2 Å². The lowest BCUT2D eigenvalue weighted by molar-refractivity contribution is -0.127. The van der Waals surface area contributed by atoms with Gasteiger partial charge in [-0.1, -0.05) is 19.1 Å². The van der Waals surface area contributed by atoms with Gasteiger partial charge in [0.05, 0.1) is 5.54 Å². The smallest absolute Gasteiger partial charge is 0.224 e. The molecule has 0 aromatic heterocycles.